The summed E-state index contributed by atoms with van der Waals surface area (Å²) in [5.41, 5.74) is 6.66. The van der Waals surface area contributed by atoms with Gasteiger partial charge in [0.25, 0.3) is 0 Å². The predicted octanol–water partition coefficient (Wildman–Crippen LogP) is 2.43. The third kappa shape index (κ3) is 2.42. The minimum Gasteiger partial charge on any atom is -0.330 e. The second-order valence-electron chi connectivity index (χ2n) is 3.24. The monoisotopic (exact) mass is 251 g/mol. The second kappa shape index (κ2) is 5.43. The lowest BCUT2D eigenvalue weighted by Crippen LogP contribution is -2.01. The lowest BCUT2D eigenvalue weighted by Gasteiger charge is -2.01. The first-order valence-electron chi connectivity index (χ1n) is 5.01. The van der Waals surface area contributed by atoms with Crippen molar-refractivity contribution in [1.82, 2.24) is 10.2 Å². The third-order valence-corrected chi connectivity index (χ3v) is 3.97. The smallest absolute Gasteiger partial charge is 0.148 e. The summed E-state index contributed by atoms with van der Waals surface area (Å²) in [7, 11) is 0. The van der Waals surface area contributed by atoms with Crippen LogP contribution < -0.4 is 5.73 Å². The number of rotatable bonds is 4. The molecule has 2 N–H and O–H groups in total. The summed E-state index contributed by atoms with van der Waals surface area (Å²) in [4.78, 5) is 1.23. The number of benzene rings is 1. The molecule has 2 rings (SSSR count). The van der Waals surface area contributed by atoms with E-state index < -0.39 is 0 Å². The lowest BCUT2D eigenvalue weighted by atomic mass is 10.2. The minimum atomic E-state index is 0.624. The molecule has 84 valence electrons. The molecule has 0 aliphatic heterocycles. The summed E-state index contributed by atoms with van der Waals surface area (Å²) < 4.78 is 0. The zero-order chi connectivity index (χ0) is 11.4. The molecule has 0 aliphatic carbocycles. The van der Waals surface area contributed by atoms with Gasteiger partial charge in [0.1, 0.15) is 10.0 Å². The number of hydrogen-bond donors (Lipinski definition) is 1. The Kier molecular flexibility index (Phi) is 3.93. The Morgan fingerprint density at radius 1 is 1.31 bits per heavy atom. The van der Waals surface area contributed by atoms with Crippen LogP contribution in [0.25, 0.3) is 10.6 Å². The maximum Gasteiger partial charge on any atom is 0.148 e. The van der Waals surface area contributed by atoms with Crippen molar-refractivity contribution in [2.45, 2.75) is 11.3 Å². The fraction of sp³-hybridized carbons (Fsp3) is 0.273. The highest BCUT2D eigenvalue weighted by Gasteiger charge is 2.09. The van der Waals surface area contributed by atoms with E-state index in [0.29, 0.717) is 6.54 Å². The van der Waals surface area contributed by atoms with Crippen LogP contribution in [-0.4, -0.2) is 23.0 Å². The van der Waals surface area contributed by atoms with E-state index in [1.807, 2.05) is 12.1 Å². The zero-order valence-electron chi connectivity index (χ0n) is 9.01. The van der Waals surface area contributed by atoms with Crippen molar-refractivity contribution in [2.24, 2.45) is 5.73 Å². The van der Waals surface area contributed by atoms with Gasteiger partial charge in [-0.15, -0.1) is 22.0 Å². The first-order chi connectivity index (χ1) is 7.85. The average molecular weight is 251 g/mol. The molecule has 0 spiro atoms. The molecule has 16 heavy (non-hydrogen) atoms. The highest BCUT2D eigenvalue weighted by atomic mass is 32.2. The second-order valence-corrected chi connectivity index (χ2v) is 5.15. The lowest BCUT2D eigenvalue weighted by molar-refractivity contribution is 0.913. The van der Waals surface area contributed by atoms with Crippen LogP contribution in [0.3, 0.4) is 0 Å². The molecule has 0 amide bonds. The van der Waals surface area contributed by atoms with E-state index in [1.54, 1.807) is 23.1 Å². The van der Waals surface area contributed by atoms with Gasteiger partial charge < -0.3 is 5.73 Å². The molecule has 5 heteroatoms. The summed E-state index contributed by atoms with van der Waals surface area (Å²) in [6, 6.07) is 8.25. The summed E-state index contributed by atoms with van der Waals surface area (Å²) in [5.74, 6) is 0. The topological polar surface area (TPSA) is 51.8 Å². The summed E-state index contributed by atoms with van der Waals surface area (Å²) >= 11 is 3.35. The van der Waals surface area contributed by atoms with E-state index in [9.17, 15) is 0 Å². The van der Waals surface area contributed by atoms with E-state index in [4.69, 9.17) is 5.73 Å². The van der Waals surface area contributed by atoms with E-state index in [-0.39, 0.29) is 0 Å². The zero-order valence-corrected chi connectivity index (χ0v) is 10.6. The highest BCUT2D eigenvalue weighted by molar-refractivity contribution is 7.98. The Labute approximate surface area is 103 Å². The van der Waals surface area contributed by atoms with Crippen LogP contribution in [-0.2, 0) is 6.42 Å². The largest absolute Gasteiger partial charge is 0.330 e. The number of aromatic nitrogens is 2. The van der Waals surface area contributed by atoms with Gasteiger partial charge in [0.2, 0.25) is 0 Å². The van der Waals surface area contributed by atoms with Crippen LogP contribution in [0.1, 0.15) is 5.01 Å². The van der Waals surface area contributed by atoms with Crippen molar-refractivity contribution < 1.29 is 0 Å². The Morgan fingerprint density at radius 3 is 2.88 bits per heavy atom. The molecule has 2 aromatic rings. The molecule has 0 saturated heterocycles. The van der Waals surface area contributed by atoms with Crippen LogP contribution in [0, 0.1) is 0 Å². The molecule has 1 heterocycles. The molecule has 0 unspecified atom stereocenters. The molecular formula is C11H13N3S2. The summed E-state index contributed by atoms with van der Waals surface area (Å²) in [6.07, 6.45) is 2.87. The van der Waals surface area contributed by atoms with Gasteiger partial charge in [-0.05, 0) is 18.9 Å². The quantitative estimate of drug-likeness (QED) is 0.848. The standard InChI is InChI=1S/C11H13N3S2/c1-15-9-5-3-2-4-8(9)11-14-13-10(16-11)6-7-12/h2-5H,6-7,12H2,1H3. The molecule has 0 aliphatic rings. The molecule has 0 fully saturated rings. The number of nitrogens with two attached hydrogens (primary N) is 1. The third-order valence-electron chi connectivity index (χ3n) is 2.16. The molecule has 0 radical (unpaired) electrons. The molecular weight excluding hydrogens is 238 g/mol. The van der Waals surface area contributed by atoms with Crippen LogP contribution in [0.15, 0.2) is 29.2 Å². The Bertz CT molecular complexity index is 468. The summed E-state index contributed by atoms with van der Waals surface area (Å²) in [5, 5.41) is 10.3. The predicted molar refractivity (Wildman–Crippen MR) is 69.9 cm³/mol. The number of nitrogens with zero attached hydrogens (tertiary/aromatic N) is 2. The first kappa shape index (κ1) is 11.6. The van der Waals surface area contributed by atoms with Gasteiger partial charge in [-0.1, -0.05) is 29.5 Å². The number of thioether (sulfide) groups is 1. The maximum absolute atomic E-state index is 5.50. The normalized spacial score (nSPS) is 10.6. The Hall–Kier alpha value is -0.910. The molecule has 0 bridgehead atoms. The minimum absolute atomic E-state index is 0.624. The maximum atomic E-state index is 5.50. The van der Waals surface area contributed by atoms with Gasteiger partial charge in [-0.2, -0.15) is 0 Å². The van der Waals surface area contributed by atoms with Gasteiger partial charge in [0, 0.05) is 16.9 Å². The average Bonchev–Trinajstić information content (AvgIpc) is 2.78. The number of hydrogen-bond acceptors (Lipinski definition) is 5. The SMILES string of the molecule is CSc1ccccc1-c1nnc(CCN)s1. The van der Waals surface area contributed by atoms with Crippen molar-refractivity contribution in [3.63, 3.8) is 0 Å². The van der Waals surface area contributed by atoms with Crippen molar-refractivity contribution in [1.29, 1.82) is 0 Å². The molecule has 1 aromatic carbocycles. The molecule has 3 nitrogen and oxygen atoms in total. The van der Waals surface area contributed by atoms with Gasteiger partial charge in [-0.3, -0.25) is 0 Å². The van der Waals surface area contributed by atoms with Gasteiger partial charge in [0.15, 0.2) is 0 Å². The van der Waals surface area contributed by atoms with Crippen LogP contribution in [0.5, 0.6) is 0 Å². The van der Waals surface area contributed by atoms with E-state index in [2.05, 4.69) is 28.6 Å². The molecule has 0 atom stereocenters. The van der Waals surface area contributed by atoms with Crippen molar-refractivity contribution in [2.75, 3.05) is 12.8 Å². The van der Waals surface area contributed by atoms with Crippen LogP contribution >= 0.6 is 23.1 Å². The van der Waals surface area contributed by atoms with Crippen molar-refractivity contribution in [3.8, 4) is 10.6 Å². The molecule has 0 saturated carbocycles. The van der Waals surface area contributed by atoms with Crippen molar-refractivity contribution in [3.05, 3.63) is 29.3 Å². The van der Waals surface area contributed by atoms with Gasteiger partial charge >= 0.3 is 0 Å². The Balaban J connectivity index is 2.34. The van der Waals surface area contributed by atoms with Gasteiger partial charge in [-0.25, -0.2) is 0 Å². The van der Waals surface area contributed by atoms with E-state index in [1.165, 1.54) is 4.90 Å². The van der Waals surface area contributed by atoms with Crippen molar-refractivity contribution >= 4 is 23.1 Å². The fourth-order valence-electron chi connectivity index (χ4n) is 1.41. The van der Waals surface area contributed by atoms with Crippen LogP contribution in [0.2, 0.25) is 0 Å². The molecule has 1 aromatic heterocycles. The fourth-order valence-corrected chi connectivity index (χ4v) is 2.97. The van der Waals surface area contributed by atoms with E-state index >= 15 is 0 Å². The Morgan fingerprint density at radius 2 is 2.12 bits per heavy atom. The van der Waals surface area contributed by atoms with E-state index in [0.717, 1.165) is 22.0 Å². The first-order valence-corrected chi connectivity index (χ1v) is 7.05. The van der Waals surface area contributed by atoms with Crippen LogP contribution in [0.4, 0.5) is 0 Å². The van der Waals surface area contributed by atoms with Gasteiger partial charge in [0.05, 0.1) is 0 Å². The summed E-state index contributed by atoms with van der Waals surface area (Å²) in [6.45, 7) is 0.624. The highest BCUT2D eigenvalue weighted by Crippen LogP contribution is 2.31.